The van der Waals surface area contributed by atoms with Gasteiger partial charge in [-0.2, -0.15) is 8.80 Å². The summed E-state index contributed by atoms with van der Waals surface area (Å²) in [5.41, 5.74) is 0. The Kier molecular flexibility index (Phi) is 5.63. The first-order valence-electron chi connectivity index (χ1n) is 5.99. The van der Waals surface area contributed by atoms with Crippen molar-refractivity contribution in [3.05, 3.63) is 0 Å². The highest BCUT2D eigenvalue weighted by Gasteiger charge is 2.23. The number of sulfonamides is 2. The van der Waals surface area contributed by atoms with Crippen LogP contribution in [0.15, 0.2) is 8.80 Å². The molecule has 7 nitrogen and oxygen atoms in total. The van der Waals surface area contributed by atoms with Gasteiger partial charge in [0.15, 0.2) is 0 Å². The molecule has 1 heterocycles. The van der Waals surface area contributed by atoms with E-state index in [2.05, 4.69) is 8.80 Å². The Bertz CT molecular complexity index is 500. The van der Waals surface area contributed by atoms with Crippen LogP contribution < -0.4 is 0 Å². The van der Waals surface area contributed by atoms with Crippen molar-refractivity contribution in [3.63, 3.8) is 0 Å². The van der Waals surface area contributed by atoms with E-state index in [1.54, 1.807) is 0 Å². The first-order chi connectivity index (χ1) is 8.78. The monoisotopic (exact) mass is 310 g/mol. The van der Waals surface area contributed by atoms with Gasteiger partial charge >= 0.3 is 0 Å². The van der Waals surface area contributed by atoms with Crippen LogP contribution in [0.3, 0.4) is 0 Å². The summed E-state index contributed by atoms with van der Waals surface area (Å²) in [7, 11) is -6.81. The molecule has 110 valence electrons. The summed E-state index contributed by atoms with van der Waals surface area (Å²) in [6.07, 6.45) is 2.85. The highest BCUT2D eigenvalue weighted by Crippen LogP contribution is 2.17. The van der Waals surface area contributed by atoms with Crippen LogP contribution >= 0.6 is 0 Å². The van der Waals surface area contributed by atoms with Crippen LogP contribution in [0, 0.1) is 0 Å². The molecule has 9 heteroatoms. The second-order valence-corrected chi connectivity index (χ2v) is 7.94. The second-order valence-electron chi connectivity index (χ2n) is 4.04. The van der Waals surface area contributed by atoms with Crippen LogP contribution in [0.25, 0.3) is 0 Å². The Hall–Kier alpha value is -0.800. The summed E-state index contributed by atoms with van der Waals surface area (Å²) < 4.78 is 57.1. The summed E-state index contributed by atoms with van der Waals surface area (Å²) in [6, 6.07) is 0. The lowest BCUT2D eigenvalue weighted by Gasteiger charge is -2.05. The molecule has 0 spiro atoms. The fourth-order valence-electron chi connectivity index (χ4n) is 1.38. The quantitative estimate of drug-likeness (QED) is 0.660. The molecule has 0 saturated carbocycles. The van der Waals surface area contributed by atoms with E-state index >= 15 is 0 Å². The van der Waals surface area contributed by atoms with Gasteiger partial charge in [-0.05, 0) is 26.7 Å². The van der Waals surface area contributed by atoms with Gasteiger partial charge in [-0.25, -0.2) is 16.8 Å². The molecule has 0 aromatic rings. The van der Waals surface area contributed by atoms with Gasteiger partial charge in [0, 0.05) is 12.4 Å². The lowest BCUT2D eigenvalue weighted by Crippen LogP contribution is -2.15. The predicted molar refractivity (Wildman–Crippen MR) is 73.8 cm³/mol. The minimum absolute atomic E-state index is 0.0597. The Morgan fingerprint density at radius 3 is 1.63 bits per heavy atom. The molecular weight excluding hydrogens is 292 g/mol. The third kappa shape index (κ3) is 5.79. The van der Waals surface area contributed by atoms with Crippen LogP contribution in [-0.4, -0.2) is 53.0 Å². The zero-order valence-electron chi connectivity index (χ0n) is 10.9. The van der Waals surface area contributed by atoms with Crippen molar-refractivity contribution in [2.45, 2.75) is 38.9 Å². The highest BCUT2D eigenvalue weighted by atomic mass is 32.2. The predicted octanol–water partition coefficient (Wildman–Crippen LogP) is 0.375. The van der Waals surface area contributed by atoms with Gasteiger partial charge in [0.25, 0.3) is 20.0 Å². The molecule has 0 N–H and O–H groups in total. The maximum absolute atomic E-state index is 11.2. The van der Waals surface area contributed by atoms with Crippen LogP contribution in [0.2, 0.25) is 0 Å². The lowest BCUT2D eigenvalue weighted by atomic mass is 10.2. The van der Waals surface area contributed by atoms with Crippen molar-refractivity contribution in [1.82, 2.24) is 0 Å². The van der Waals surface area contributed by atoms with Gasteiger partial charge in [0.05, 0.1) is 23.7 Å². The summed E-state index contributed by atoms with van der Waals surface area (Å²) in [5.74, 6) is -0.119. The molecule has 1 saturated heterocycles. The van der Waals surface area contributed by atoms with E-state index in [1.165, 1.54) is 26.3 Å². The van der Waals surface area contributed by atoms with Gasteiger partial charge in [-0.15, -0.1) is 0 Å². The molecule has 0 unspecified atom stereocenters. The molecule has 1 fully saturated rings. The summed E-state index contributed by atoms with van der Waals surface area (Å²) in [4.78, 5) is 0. The first kappa shape index (κ1) is 16.3. The Balaban J connectivity index is 2.56. The summed E-state index contributed by atoms with van der Waals surface area (Å²) in [6.45, 7) is 3.01. The Morgan fingerprint density at radius 1 is 0.947 bits per heavy atom. The third-order valence-electron chi connectivity index (χ3n) is 2.59. The van der Waals surface area contributed by atoms with Crippen molar-refractivity contribution in [1.29, 1.82) is 0 Å². The average Bonchev–Trinajstić information content (AvgIpc) is 2.82. The molecule has 2 atom stereocenters. The van der Waals surface area contributed by atoms with Crippen LogP contribution in [0.5, 0.6) is 0 Å². The summed E-state index contributed by atoms with van der Waals surface area (Å²) in [5, 5.41) is 0. The van der Waals surface area contributed by atoms with E-state index in [0.717, 1.165) is 0 Å². The van der Waals surface area contributed by atoms with E-state index in [4.69, 9.17) is 4.74 Å². The largest absolute Gasteiger partial charge is 0.364 e. The molecule has 0 aromatic heterocycles. The minimum atomic E-state index is -3.40. The van der Waals surface area contributed by atoms with Crippen molar-refractivity contribution in [3.8, 4) is 0 Å². The molecule has 0 aliphatic carbocycles. The van der Waals surface area contributed by atoms with E-state index in [9.17, 15) is 16.8 Å². The fourth-order valence-corrected chi connectivity index (χ4v) is 2.32. The Labute approximate surface area is 113 Å². The number of hydrogen-bond donors (Lipinski definition) is 0. The lowest BCUT2D eigenvalue weighted by molar-refractivity contribution is 0.129. The number of ether oxygens (including phenoxy) is 1. The molecule has 1 rings (SSSR count). The molecule has 0 radical (unpaired) electrons. The zero-order valence-corrected chi connectivity index (χ0v) is 12.5. The van der Waals surface area contributed by atoms with Crippen molar-refractivity contribution in [2.75, 3.05) is 11.5 Å². The standard InChI is InChI=1S/C10H18N2O5S2/c1-3-18(13,14)11-7-9-5-6-10(17-9)8-12-19(15,16)4-2/h7-10H,3-6H2,1-2H3/t9-,10+. The smallest absolute Gasteiger partial charge is 0.252 e. The van der Waals surface area contributed by atoms with Crippen LogP contribution in [0.4, 0.5) is 0 Å². The maximum Gasteiger partial charge on any atom is 0.252 e. The fraction of sp³-hybridized carbons (Fsp3) is 0.800. The van der Waals surface area contributed by atoms with E-state index in [1.807, 2.05) is 0 Å². The second kappa shape index (κ2) is 6.58. The number of rotatable bonds is 6. The molecule has 19 heavy (non-hydrogen) atoms. The average molecular weight is 310 g/mol. The SMILES string of the molecule is CCS(=O)(=O)N=C[C@@H]1CC[C@H](C=NS(=O)(=O)CC)O1. The molecular formula is C10H18N2O5S2. The Morgan fingerprint density at radius 2 is 1.32 bits per heavy atom. The van der Waals surface area contributed by atoms with Crippen molar-refractivity contribution < 1.29 is 21.6 Å². The topological polar surface area (TPSA) is 102 Å². The van der Waals surface area contributed by atoms with E-state index in [0.29, 0.717) is 12.8 Å². The van der Waals surface area contributed by atoms with Gasteiger partial charge in [-0.1, -0.05) is 0 Å². The molecule has 0 aromatic carbocycles. The molecule has 1 aliphatic rings. The van der Waals surface area contributed by atoms with E-state index < -0.39 is 32.3 Å². The highest BCUT2D eigenvalue weighted by molar-refractivity contribution is 7.90. The minimum Gasteiger partial charge on any atom is -0.364 e. The van der Waals surface area contributed by atoms with Crippen molar-refractivity contribution in [2.24, 2.45) is 8.80 Å². The zero-order chi connectivity index (χ0) is 14.5. The number of hydrogen-bond acceptors (Lipinski definition) is 5. The van der Waals surface area contributed by atoms with Gasteiger partial charge < -0.3 is 4.74 Å². The first-order valence-corrected chi connectivity index (χ1v) is 9.21. The van der Waals surface area contributed by atoms with Crippen molar-refractivity contribution >= 4 is 32.5 Å². The molecule has 1 aliphatic heterocycles. The van der Waals surface area contributed by atoms with Crippen LogP contribution in [-0.2, 0) is 24.8 Å². The maximum atomic E-state index is 11.2. The normalized spacial score (nSPS) is 25.6. The van der Waals surface area contributed by atoms with Gasteiger partial charge in [0.2, 0.25) is 0 Å². The molecule has 0 amide bonds. The third-order valence-corrected chi connectivity index (χ3v) is 4.94. The number of nitrogens with zero attached hydrogens (tertiary/aromatic N) is 2. The van der Waals surface area contributed by atoms with Gasteiger partial charge in [-0.3, -0.25) is 0 Å². The summed E-state index contributed by atoms with van der Waals surface area (Å²) >= 11 is 0. The van der Waals surface area contributed by atoms with E-state index in [-0.39, 0.29) is 11.5 Å². The van der Waals surface area contributed by atoms with Gasteiger partial charge in [0.1, 0.15) is 0 Å². The van der Waals surface area contributed by atoms with Crippen LogP contribution in [0.1, 0.15) is 26.7 Å². The molecule has 0 bridgehead atoms.